The van der Waals surface area contributed by atoms with Gasteiger partial charge in [-0.2, -0.15) is 10.2 Å². The molecule has 1 saturated carbocycles. The van der Waals surface area contributed by atoms with Crippen molar-refractivity contribution in [2.45, 2.75) is 57.1 Å². The van der Waals surface area contributed by atoms with Crippen molar-refractivity contribution in [3.05, 3.63) is 47.8 Å². The third-order valence-corrected chi connectivity index (χ3v) is 8.57. The zero-order valence-electron chi connectivity index (χ0n) is 21.8. The van der Waals surface area contributed by atoms with E-state index in [9.17, 15) is 9.90 Å². The first kappa shape index (κ1) is 23.4. The Morgan fingerprint density at radius 3 is 2.92 bits per heavy atom. The minimum atomic E-state index is -0.693. The number of nitrogens with one attached hydrogen (secondary N) is 1. The number of benzene rings is 1. The number of amides is 1. The Labute approximate surface area is 220 Å². The summed E-state index contributed by atoms with van der Waals surface area (Å²) in [5, 5.41) is 22.4. The van der Waals surface area contributed by atoms with Gasteiger partial charge in [0.15, 0.2) is 0 Å². The van der Waals surface area contributed by atoms with Gasteiger partial charge in [0.25, 0.3) is 0 Å². The summed E-state index contributed by atoms with van der Waals surface area (Å²) in [7, 11) is 1.68. The van der Waals surface area contributed by atoms with Crippen LogP contribution in [-0.2, 0) is 17.6 Å². The highest BCUT2D eigenvalue weighted by atomic mass is 16.5. The molecule has 9 heteroatoms. The molecule has 0 spiro atoms. The quantitative estimate of drug-likeness (QED) is 0.420. The number of likely N-dealkylation sites (tertiary alicyclic amines) is 1. The number of aryl methyl sites for hydroxylation is 1. The second-order valence-electron chi connectivity index (χ2n) is 11.3. The first-order valence-electron chi connectivity index (χ1n) is 13.5. The molecule has 1 aromatic carbocycles. The number of nitrogens with zero attached hydrogens (tertiary/aromatic N) is 5. The summed E-state index contributed by atoms with van der Waals surface area (Å²) in [5.41, 5.74) is 7.28. The van der Waals surface area contributed by atoms with Crippen LogP contribution in [0.3, 0.4) is 0 Å². The van der Waals surface area contributed by atoms with Crippen molar-refractivity contribution < 1.29 is 14.6 Å². The smallest absolute Gasteiger partial charge is 0.225 e. The lowest BCUT2D eigenvalue weighted by molar-refractivity contribution is -0.148. The average molecular weight is 513 g/mol. The summed E-state index contributed by atoms with van der Waals surface area (Å²) in [6.45, 7) is 3.15. The fraction of sp³-hybridized carbons (Fsp3) is 0.448. The molecule has 2 N–H and O–H groups in total. The van der Waals surface area contributed by atoms with E-state index in [0.29, 0.717) is 19.4 Å². The van der Waals surface area contributed by atoms with Crippen LogP contribution in [0, 0.1) is 5.92 Å². The number of aliphatic hydroxyl groups is 1. The topological polar surface area (TPSA) is 109 Å². The SMILES string of the molecule is COc1cc2[nH]nc(-c3cnn([C@H]4CCN(C(=O)[C@H]5C[C@@](C)(O)C5)C4)c3)c2nc1-c1cccc2c1CCC2. The predicted octanol–water partition coefficient (Wildman–Crippen LogP) is 3.92. The first-order valence-corrected chi connectivity index (χ1v) is 13.5. The molecule has 3 aliphatic rings. The van der Waals surface area contributed by atoms with Crippen molar-refractivity contribution >= 4 is 16.9 Å². The molecule has 1 saturated heterocycles. The van der Waals surface area contributed by atoms with Gasteiger partial charge in [-0.15, -0.1) is 0 Å². The van der Waals surface area contributed by atoms with Gasteiger partial charge in [-0.25, -0.2) is 4.98 Å². The molecule has 4 aromatic rings. The van der Waals surface area contributed by atoms with Gasteiger partial charge < -0.3 is 14.7 Å². The lowest BCUT2D eigenvalue weighted by Gasteiger charge is -2.41. The van der Waals surface area contributed by atoms with Crippen molar-refractivity contribution in [3.8, 4) is 28.3 Å². The number of hydrogen-bond acceptors (Lipinski definition) is 6. The number of fused-ring (bicyclic) bond motifs is 2. The summed E-state index contributed by atoms with van der Waals surface area (Å²) in [6.07, 6.45) is 9.13. The van der Waals surface area contributed by atoms with Gasteiger partial charge in [-0.05, 0) is 56.6 Å². The van der Waals surface area contributed by atoms with Crippen LogP contribution in [0.15, 0.2) is 36.7 Å². The molecule has 7 rings (SSSR count). The van der Waals surface area contributed by atoms with Gasteiger partial charge in [-0.3, -0.25) is 14.6 Å². The third-order valence-electron chi connectivity index (χ3n) is 8.57. The zero-order chi connectivity index (χ0) is 26.0. The number of H-pyrrole nitrogens is 1. The lowest BCUT2D eigenvalue weighted by atomic mass is 9.71. The van der Waals surface area contributed by atoms with Crippen LogP contribution in [-0.4, -0.2) is 66.7 Å². The van der Waals surface area contributed by atoms with Crippen LogP contribution in [0.2, 0.25) is 0 Å². The highest BCUT2D eigenvalue weighted by Crippen LogP contribution is 2.40. The number of carbonyl (C=O) groups is 1. The summed E-state index contributed by atoms with van der Waals surface area (Å²) in [6, 6.07) is 8.55. The maximum Gasteiger partial charge on any atom is 0.225 e. The van der Waals surface area contributed by atoms with Gasteiger partial charge >= 0.3 is 0 Å². The normalized spacial score (nSPS) is 24.6. The van der Waals surface area contributed by atoms with Crippen LogP contribution >= 0.6 is 0 Å². The van der Waals surface area contributed by atoms with Gasteiger partial charge in [0.1, 0.15) is 22.7 Å². The van der Waals surface area contributed by atoms with Crippen molar-refractivity contribution in [3.63, 3.8) is 0 Å². The summed E-state index contributed by atoms with van der Waals surface area (Å²) >= 11 is 0. The Kier molecular flexibility index (Phi) is 5.33. The van der Waals surface area contributed by atoms with Crippen molar-refractivity contribution in [2.75, 3.05) is 20.2 Å². The molecule has 196 valence electrons. The predicted molar refractivity (Wildman–Crippen MR) is 143 cm³/mol. The number of ether oxygens (including phenoxy) is 1. The average Bonchev–Trinajstić information content (AvgIpc) is 3.70. The van der Waals surface area contributed by atoms with Gasteiger partial charge in [0.2, 0.25) is 5.91 Å². The van der Waals surface area contributed by atoms with Crippen LogP contribution < -0.4 is 4.74 Å². The molecule has 38 heavy (non-hydrogen) atoms. The van der Waals surface area contributed by atoms with Crippen LogP contribution in [0.4, 0.5) is 0 Å². The molecule has 0 unspecified atom stereocenters. The van der Waals surface area contributed by atoms with E-state index in [-0.39, 0.29) is 17.9 Å². The van der Waals surface area contributed by atoms with Gasteiger partial charge in [0.05, 0.1) is 30.5 Å². The number of pyridine rings is 1. The van der Waals surface area contributed by atoms with Crippen molar-refractivity contribution in [1.29, 1.82) is 0 Å². The summed E-state index contributed by atoms with van der Waals surface area (Å²) in [5.74, 6) is 0.825. The highest BCUT2D eigenvalue weighted by Gasteiger charge is 2.45. The molecule has 2 aliphatic carbocycles. The Balaban J connectivity index is 1.17. The number of methoxy groups -OCH3 is 1. The van der Waals surface area contributed by atoms with E-state index in [2.05, 4.69) is 33.5 Å². The summed E-state index contributed by atoms with van der Waals surface area (Å²) < 4.78 is 7.70. The minimum Gasteiger partial charge on any atom is -0.494 e. The molecule has 0 radical (unpaired) electrons. The standard InChI is InChI=1S/C29H32N6O3/c1-29(37)12-18(13-29)28(36)34-10-9-20(16-34)35-15-19(14-30-35)25-27-23(32-33-25)11-24(38-2)26(31-27)22-8-4-6-17-5-3-7-21(17)22/h4,6,8,11,14-15,18,20,37H,3,5,7,9-10,12-13,16H2,1-2H3,(H,32,33)/t18-,20-,29+/m0/s1. The number of rotatable bonds is 5. The monoisotopic (exact) mass is 512 g/mol. The van der Waals surface area contributed by atoms with E-state index >= 15 is 0 Å². The van der Waals surface area contributed by atoms with Gasteiger partial charge in [0, 0.05) is 42.4 Å². The third kappa shape index (κ3) is 3.79. The van der Waals surface area contributed by atoms with Crippen LogP contribution in [0.5, 0.6) is 5.75 Å². The maximum atomic E-state index is 12.9. The second kappa shape index (κ2) is 8.66. The second-order valence-corrected chi connectivity index (χ2v) is 11.3. The van der Waals surface area contributed by atoms with E-state index in [1.54, 1.807) is 14.0 Å². The molecule has 9 nitrogen and oxygen atoms in total. The van der Waals surface area contributed by atoms with E-state index < -0.39 is 5.60 Å². The molecule has 2 fully saturated rings. The van der Waals surface area contributed by atoms with E-state index in [1.807, 2.05) is 28.0 Å². The van der Waals surface area contributed by atoms with Crippen LogP contribution in [0.1, 0.15) is 49.8 Å². The minimum absolute atomic E-state index is 0.0598. The Bertz CT molecular complexity index is 1550. The molecule has 4 heterocycles. The Morgan fingerprint density at radius 1 is 1.24 bits per heavy atom. The molecule has 1 amide bonds. The largest absolute Gasteiger partial charge is 0.494 e. The molecular formula is C29H32N6O3. The van der Waals surface area contributed by atoms with Crippen LogP contribution in [0.25, 0.3) is 33.5 Å². The fourth-order valence-electron chi connectivity index (χ4n) is 6.57. The molecule has 0 bridgehead atoms. The number of aromatic nitrogens is 5. The number of hydrogen-bond donors (Lipinski definition) is 2. The molecular weight excluding hydrogens is 480 g/mol. The van der Waals surface area contributed by atoms with Crippen molar-refractivity contribution in [2.24, 2.45) is 5.92 Å². The zero-order valence-corrected chi connectivity index (χ0v) is 21.8. The Hall–Kier alpha value is -3.72. The lowest BCUT2D eigenvalue weighted by Crippen LogP contribution is -2.49. The summed E-state index contributed by atoms with van der Waals surface area (Å²) in [4.78, 5) is 19.9. The van der Waals surface area contributed by atoms with Gasteiger partial charge in [-0.1, -0.05) is 18.2 Å². The number of aromatic amines is 1. The number of carbonyl (C=O) groups excluding carboxylic acids is 1. The van der Waals surface area contributed by atoms with E-state index in [0.717, 1.165) is 65.1 Å². The maximum absolute atomic E-state index is 12.9. The van der Waals surface area contributed by atoms with E-state index in [1.165, 1.54) is 17.5 Å². The fourth-order valence-corrected chi connectivity index (χ4v) is 6.57. The highest BCUT2D eigenvalue weighted by molar-refractivity contribution is 5.93. The molecule has 1 aliphatic heterocycles. The van der Waals surface area contributed by atoms with Crippen molar-refractivity contribution in [1.82, 2.24) is 29.9 Å². The first-order chi connectivity index (χ1) is 18.4. The Morgan fingerprint density at radius 2 is 2.11 bits per heavy atom. The van der Waals surface area contributed by atoms with E-state index in [4.69, 9.17) is 9.72 Å². The molecule has 3 aromatic heterocycles. The molecule has 1 atom stereocenters.